The molecule has 0 radical (unpaired) electrons. The van der Waals surface area contributed by atoms with E-state index in [2.05, 4.69) is 5.10 Å². The van der Waals surface area contributed by atoms with Gasteiger partial charge in [0.1, 0.15) is 11.4 Å². The third kappa shape index (κ3) is 4.25. The Morgan fingerprint density at radius 2 is 1.77 bits per heavy atom. The van der Waals surface area contributed by atoms with Crippen molar-refractivity contribution in [2.24, 2.45) is 11.7 Å². The number of amides is 3. The van der Waals surface area contributed by atoms with Crippen LogP contribution in [0.15, 0.2) is 42.5 Å². The van der Waals surface area contributed by atoms with Gasteiger partial charge in [0.15, 0.2) is 5.69 Å². The summed E-state index contributed by atoms with van der Waals surface area (Å²) in [6.07, 6.45) is 0.433. The molecule has 0 aliphatic carbocycles. The summed E-state index contributed by atoms with van der Waals surface area (Å²) in [4.78, 5) is 41.6. The Balaban J connectivity index is 1.73. The summed E-state index contributed by atoms with van der Waals surface area (Å²) in [5.41, 5.74) is 9.52. The number of hydrogen-bond donors (Lipinski definition) is 1. The minimum atomic E-state index is -0.673. The summed E-state index contributed by atoms with van der Waals surface area (Å²) in [6, 6.07) is 12.6. The Hall–Kier alpha value is -4.14. The summed E-state index contributed by atoms with van der Waals surface area (Å²) in [7, 11) is 3.32. The predicted molar refractivity (Wildman–Crippen MR) is 133 cm³/mol. The van der Waals surface area contributed by atoms with Crippen molar-refractivity contribution in [3.8, 4) is 11.4 Å². The van der Waals surface area contributed by atoms with Crippen LogP contribution in [0.4, 0.5) is 11.4 Å². The zero-order valence-electron chi connectivity index (χ0n) is 20.5. The highest BCUT2D eigenvalue weighted by Gasteiger charge is 2.34. The van der Waals surface area contributed by atoms with Crippen LogP contribution < -0.4 is 20.3 Å². The van der Waals surface area contributed by atoms with E-state index in [1.54, 1.807) is 48.2 Å². The van der Waals surface area contributed by atoms with Gasteiger partial charge in [0.2, 0.25) is 5.91 Å². The average molecular weight is 476 g/mol. The predicted octanol–water partition coefficient (Wildman–Crippen LogP) is 3.11. The number of nitrogens with zero attached hydrogens (tertiary/aromatic N) is 4. The molecule has 0 saturated heterocycles. The van der Waals surface area contributed by atoms with E-state index >= 15 is 0 Å². The van der Waals surface area contributed by atoms with Gasteiger partial charge in [0.25, 0.3) is 11.8 Å². The van der Waals surface area contributed by atoms with Crippen LogP contribution in [0.3, 0.4) is 0 Å². The molecule has 2 aromatic carbocycles. The first-order valence-corrected chi connectivity index (χ1v) is 11.4. The maximum Gasteiger partial charge on any atom is 0.277 e. The van der Waals surface area contributed by atoms with Gasteiger partial charge in [-0.15, -0.1) is 0 Å². The molecule has 3 amide bonds. The lowest BCUT2D eigenvalue weighted by Crippen LogP contribution is -2.39. The van der Waals surface area contributed by atoms with Crippen LogP contribution in [-0.2, 0) is 11.2 Å². The van der Waals surface area contributed by atoms with E-state index in [0.29, 0.717) is 41.3 Å². The van der Waals surface area contributed by atoms with Crippen LogP contribution >= 0.6 is 0 Å². The molecule has 0 bridgehead atoms. The lowest BCUT2D eigenvalue weighted by atomic mass is 10.0. The third-order valence-electron chi connectivity index (χ3n) is 6.24. The number of hydrogen-bond acceptors (Lipinski definition) is 5. The van der Waals surface area contributed by atoms with Crippen LogP contribution in [-0.4, -0.2) is 48.2 Å². The Labute approximate surface area is 204 Å². The number of rotatable bonds is 6. The number of benzene rings is 2. The fraction of sp³-hybridized carbons (Fsp3) is 0.308. The largest absolute Gasteiger partial charge is 0.497 e. The first kappa shape index (κ1) is 24.0. The van der Waals surface area contributed by atoms with Crippen LogP contribution in [0.1, 0.15) is 46.0 Å². The van der Waals surface area contributed by atoms with Crippen LogP contribution in [0, 0.1) is 12.8 Å². The van der Waals surface area contributed by atoms with E-state index in [9.17, 15) is 14.4 Å². The maximum absolute atomic E-state index is 13.7. The van der Waals surface area contributed by atoms with Crippen molar-refractivity contribution in [2.45, 2.75) is 27.2 Å². The SMILES string of the molecule is COc1ccc(-n2nc(C(N)=O)c3c2C(=O)N(c2ccc(N(C)C(=O)C(C)C)c(C)c2)CC3)cc1. The number of aromatic nitrogens is 2. The lowest BCUT2D eigenvalue weighted by molar-refractivity contribution is -0.121. The van der Waals surface area contributed by atoms with Gasteiger partial charge in [-0.3, -0.25) is 14.4 Å². The van der Waals surface area contributed by atoms with E-state index in [1.807, 2.05) is 39.0 Å². The number of carbonyl (C=O) groups is 3. The van der Waals surface area contributed by atoms with Crippen molar-refractivity contribution in [1.82, 2.24) is 9.78 Å². The number of anilines is 2. The fourth-order valence-corrected chi connectivity index (χ4v) is 4.40. The molecule has 0 fully saturated rings. The van der Waals surface area contributed by atoms with Gasteiger partial charge in [-0.1, -0.05) is 13.8 Å². The molecule has 0 unspecified atom stereocenters. The van der Waals surface area contributed by atoms with E-state index in [0.717, 1.165) is 11.3 Å². The van der Waals surface area contributed by atoms with Gasteiger partial charge in [-0.2, -0.15) is 5.10 Å². The molecule has 2 heterocycles. The Kier molecular flexibility index (Phi) is 6.34. The second-order valence-corrected chi connectivity index (χ2v) is 8.88. The van der Waals surface area contributed by atoms with Gasteiger partial charge >= 0.3 is 0 Å². The molecule has 2 N–H and O–H groups in total. The summed E-state index contributed by atoms with van der Waals surface area (Å²) in [6.45, 7) is 6.01. The van der Waals surface area contributed by atoms with Gasteiger partial charge in [0, 0.05) is 36.4 Å². The highest BCUT2D eigenvalue weighted by atomic mass is 16.5. The monoisotopic (exact) mass is 475 g/mol. The van der Waals surface area contributed by atoms with Crippen molar-refractivity contribution in [2.75, 3.05) is 30.5 Å². The summed E-state index contributed by atoms with van der Waals surface area (Å²) in [5.74, 6) is -0.399. The van der Waals surface area contributed by atoms with Gasteiger partial charge in [-0.05, 0) is 61.4 Å². The average Bonchev–Trinajstić information content (AvgIpc) is 3.24. The highest BCUT2D eigenvalue weighted by Crippen LogP contribution is 2.32. The van der Waals surface area contributed by atoms with E-state index in [-0.39, 0.29) is 23.4 Å². The smallest absolute Gasteiger partial charge is 0.277 e. The Bertz CT molecular complexity index is 1310. The Morgan fingerprint density at radius 3 is 2.34 bits per heavy atom. The number of aryl methyl sites for hydroxylation is 1. The minimum absolute atomic E-state index is 0.0157. The molecule has 9 heteroatoms. The summed E-state index contributed by atoms with van der Waals surface area (Å²) in [5, 5.41) is 4.40. The van der Waals surface area contributed by atoms with Crippen molar-refractivity contribution in [1.29, 1.82) is 0 Å². The normalized spacial score (nSPS) is 13.1. The third-order valence-corrected chi connectivity index (χ3v) is 6.24. The standard InChI is InChI=1S/C26H29N5O4/c1-15(2)25(33)29(4)21-11-8-18(14-16(21)3)30-13-12-20-22(24(27)32)28-31(23(20)26(30)34)17-6-9-19(35-5)10-7-17/h6-11,14-15H,12-13H2,1-5H3,(H2,27,32). The zero-order valence-corrected chi connectivity index (χ0v) is 20.5. The molecule has 3 aromatic rings. The molecule has 1 aromatic heterocycles. The van der Waals surface area contributed by atoms with E-state index < -0.39 is 5.91 Å². The summed E-state index contributed by atoms with van der Waals surface area (Å²) < 4.78 is 6.69. The number of ether oxygens (including phenoxy) is 1. The minimum Gasteiger partial charge on any atom is -0.497 e. The molecule has 35 heavy (non-hydrogen) atoms. The van der Waals surface area contributed by atoms with Crippen molar-refractivity contribution < 1.29 is 19.1 Å². The lowest BCUT2D eigenvalue weighted by Gasteiger charge is -2.29. The van der Waals surface area contributed by atoms with Crippen LogP contribution in [0.2, 0.25) is 0 Å². The molecule has 182 valence electrons. The maximum atomic E-state index is 13.7. The molecule has 4 rings (SSSR count). The second kappa shape index (κ2) is 9.25. The number of carbonyl (C=O) groups excluding carboxylic acids is 3. The second-order valence-electron chi connectivity index (χ2n) is 8.88. The fourth-order valence-electron chi connectivity index (χ4n) is 4.40. The van der Waals surface area contributed by atoms with Crippen molar-refractivity contribution in [3.63, 3.8) is 0 Å². The number of nitrogens with two attached hydrogens (primary N) is 1. The van der Waals surface area contributed by atoms with Gasteiger partial charge in [-0.25, -0.2) is 4.68 Å². The molecular formula is C26H29N5O4. The van der Waals surface area contributed by atoms with Crippen LogP contribution in [0.25, 0.3) is 5.69 Å². The molecule has 0 saturated carbocycles. The molecule has 0 atom stereocenters. The van der Waals surface area contributed by atoms with Gasteiger partial charge in [0.05, 0.1) is 12.8 Å². The first-order valence-electron chi connectivity index (χ1n) is 11.4. The zero-order chi connectivity index (χ0) is 25.4. The van der Waals surface area contributed by atoms with E-state index in [4.69, 9.17) is 10.5 Å². The first-order chi connectivity index (χ1) is 16.6. The molecule has 9 nitrogen and oxygen atoms in total. The van der Waals surface area contributed by atoms with Crippen LogP contribution in [0.5, 0.6) is 5.75 Å². The number of primary amides is 1. The quantitative estimate of drug-likeness (QED) is 0.589. The summed E-state index contributed by atoms with van der Waals surface area (Å²) >= 11 is 0. The Morgan fingerprint density at radius 1 is 1.11 bits per heavy atom. The molecule has 1 aliphatic heterocycles. The van der Waals surface area contributed by atoms with E-state index in [1.165, 1.54) is 4.68 Å². The number of fused-ring (bicyclic) bond motifs is 1. The number of methoxy groups -OCH3 is 1. The highest BCUT2D eigenvalue weighted by molar-refractivity contribution is 6.09. The molecular weight excluding hydrogens is 446 g/mol. The van der Waals surface area contributed by atoms with Crippen molar-refractivity contribution in [3.05, 3.63) is 65.0 Å². The molecule has 1 aliphatic rings. The van der Waals surface area contributed by atoms with Gasteiger partial charge < -0.3 is 20.3 Å². The topological polar surface area (TPSA) is 111 Å². The molecule has 0 spiro atoms. The van der Waals surface area contributed by atoms with Crippen molar-refractivity contribution >= 4 is 29.1 Å².